The Morgan fingerprint density at radius 2 is 2.54 bits per heavy atom. The number of rotatable bonds is 4. The highest BCUT2D eigenvalue weighted by molar-refractivity contribution is 5.13. The Hall–Kier alpha value is -1.13. The molecule has 0 saturated heterocycles. The molecule has 1 aromatic rings. The third-order valence-corrected chi connectivity index (χ3v) is 2.00. The van der Waals surface area contributed by atoms with Crippen molar-refractivity contribution in [2.75, 3.05) is 0 Å². The van der Waals surface area contributed by atoms with E-state index in [0.717, 1.165) is 17.8 Å². The molecule has 1 heterocycles. The Labute approximate surface area is 78.4 Å². The number of nitrogens with two attached hydrogens (primary N) is 1. The van der Waals surface area contributed by atoms with Gasteiger partial charge < -0.3 is 0 Å². The van der Waals surface area contributed by atoms with Crippen LogP contribution in [-0.4, -0.2) is 9.78 Å². The summed E-state index contributed by atoms with van der Waals surface area (Å²) in [6, 6.07) is 2.12. The average molecular weight is 180 g/mol. The van der Waals surface area contributed by atoms with Crippen LogP contribution in [0.25, 0.3) is 0 Å². The average Bonchev–Trinajstić information content (AvgIpc) is 2.41. The van der Waals surface area contributed by atoms with Gasteiger partial charge in [0, 0.05) is 7.05 Å². The van der Waals surface area contributed by atoms with Gasteiger partial charge in [-0.1, -0.05) is 6.08 Å². The Morgan fingerprint density at radius 3 is 2.92 bits per heavy atom. The summed E-state index contributed by atoms with van der Waals surface area (Å²) in [7, 11) is 1.91. The molecule has 3 N–H and O–H groups in total. The zero-order valence-corrected chi connectivity index (χ0v) is 8.12. The van der Waals surface area contributed by atoms with Gasteiger partial charge in [-0.05, 0) is 19.4 Å². The second-order valence-corrected chi connectivity index (χ2v) is 3.08. The van der Waals surface area contributed by atoms with Crippen LogP contribution in [-0.2, 0) is 7.05 Å². The van der Waals surface area contributed by atoms with Crippen molar-refractivity contribution < 1.29 is 0 Å². The molecule has 0 amide bonds. The van der Waals surface area contributed by atoms with Crippen molar-refractivity contribution in [3.63, 3.8) is 0 Å². The molecule has 1 aromatic heterocycles. The largest absolute Gasteiger partial charge is 0.271 e. The monoisotopic (exact) mass is 180 g/mol. The smallest absolute Gasteiger partial charge is 0.0663 e. The lowest BCUT2D eigenvalue weighted by Gasteiger charge is -2.13. The molecule has 0 bridgehead atoms. The van der Waals surface area contributed by atoms with Crippen molar-refractivity contribution in [3.8, 4) is 0 Å². The van der Waals surface area contributed by atoms with Crippen LogP contribution in [0.2, 0.25) is 0 Å². The second-order valence-electron chi connectivity index (χ2n) is 3.08. The molecular formula is C9H16N4. The SMILES string of the molecule is C=CCC(NN)c1cc(C)nn1C. The summed E-state index contributed by atoms with van der Waals surface area (Å²) >= 11 is 0. The predicted octanol–water partition coefficient (Wildman–Crippen LogP) is 0.809. The van der Waals surface area contributed by atoms with Crippen LogP contribution in [0.15, 0.2) is 18.7 Å². The number of aryl methyl sites for hydroxylation is 2. The van der Waals surface area contributed by atoms with Crippen molar-refractivity contribution in [3.05, 3.63) is 30.1 Å². The Morgan fingerprint density at radius 1 is 1.85 bits per heavy atom. The van der Waals surface area contributed by atoms with Crippen molar-refractivity contribution >= 4 is 0 Å². The molecule has 1 rings (SSSR count). The van der Waals surface area contributed by atoms with Gasteiger partial charge in [-0.3, -0.25) is 16.0 Å². The first kappa shape index (κ1) is 9.95. The van der Waals surface area contributed by atoms with E-state index >= 15 is 0 Å². The molecule has 0 radical (unpaired) electrons. The Bertz CT molecular complexity index is 290. The summed E-state index contributed by atoms with van der Waals surface area (Å²) in [5.41, 5.74) is 4.83. The van der Waals surface area contributed by atoms with Crippen molar-refractivity contribution in [2.24, 2.45) is 12.9 Å². The molecule has 0 aliphatic heterocycles. The zero-order valence-electron chi connectivity index (χ0n) is 8.12. The molecule has 4 heteroatoms. The maximum Gasteiger partial charge on any atom is 0.0663 e. The Kier molecular flexibility index (Phi) is 3.22. The van der Waals surface area contributed by atoms with Crippen LogP contribution >= 0.6 is 0 Å². The van der Waals surface area contributed by atoms with E-state index in [1.807, 2.05) is 30.8 Å². The van der Waals surface area contributed by atoms with E-state index < -0.39 is 0 Å². The van der Waals surface area contributed by atoms with Gasteiger partial charge in [0.25, 0.3) is 0 Å². The van der Waals surface area contributed by atoms with Crippen LogP contribution < -0.4 is 11.3 Å². The highest BCUT2D eigenvalue weighted by atomic mass is 15.3. The van der Waals surface area contributed by atoms with E-state index in [9.17, 15) is 0 Å². The van der Waals surface area contributed by atoms with Gasteiger partial charge in [0.1, 0.15) is 0 Å². The minimum absolute atomic E-state index is 0.101. The number of nitrogens with one attached hydrogen (secondary N) is 1. The van der Waals surface area contributed by atoms with Crippen molar-refractivity contribution in [1.82, 2.24) is 15.2 Å². The van der Waals surface area contributed by atoms with Gasteiger partial charge in [-0.2, -0.15) is 5.10 Å². The van der Waals surface area contributed by atoms with Crippen LogP contribution in [0.4, 0.5) is 0 Å². The fraction of sp³-hybridized carbons (Fsp3) is 0.444. The van der Waals surface area contributed by atoms with Gasteiger partial charge in [0.05, 0.1) is 17.4 Å². The van der Waals surface area contributed by atoms with E-state index in [0.29, 0.717) is 0 Å². The first-order valence-corrected chi connectivity index (χ1v) is 4.26. The van der Waals surface area contributed by atoms with Gasteiger partial charge in [0.2, 0.25) is 0 Å². The first-order valence-electron chi connectivity index (χ1n) is 4.26. The first-order chi connectivity index (χ1) is 6.19. The molecule has 1 atom stereocenters. The van der Waals surface area contributed by atoms with Crippen molar-refractivity contribution in [1.29, 1.82) is 0 Å². The summed E-state index contributed by atoms with van der Waals surface area (Å²) in [6.07, 6.45) is 2.64. The quantitative estimate of drug-likeness (QED) is 0.409. The summed E-state index contributed by atoms with van der Waals surface area (Å²) in [6.45, 7) is 5.65. The lowest BCUT2D eigenvalue weighted by atomic mass is 10.1. The predicted molar refractivity (Wildman–Crippen MR) is 52.8 cm³/mol. The Balaban J connectivity index is 2.89. The third kappa shape index (κ3) is 2.17. The van der Waals surface area contributed by atoms with Gasteiger partial charge in [0.15, 0.2) is 0 Å². The highest BCUT2D eigenvalue weighted by Crippen LogP contribution is 2.16. The number of hydrazine groups is 1. The zero-order chi connectivity index (χ0) is 9.84. The van der Waals surface area contributed by atoms with Gasteiger partial charge in [-0.15, -0.1) is 6.58 Å². The van der Waals surface area contributed by atoms with E-state index in [4.69, 9.17) is 5.84 Å². The van der Waals surface area contributed by atoms with E-state index in [1.54, 1.807) is 0 Å². The fourth-order valence-corrected chi connectivity index (χ4v) is 1.40. The molecule has 0 aliphatic carbocycles. The lowest BCUT2D eigenvalue weighted by molar-refractivity contribution is 0.516. The molecular weight excluding hydrogens is 164 g/mol. The summed E-state index contributed by atoms with van der Waals surface area (Å²) in [5, 5.41) is 4.25. The summed E-state index contributed by atoms with van der Waals surface area (Å²) in [5.74, 6) is 5.43. The maximum absolute atomic E-state index is 5.43. The normalized spacial score (nSPS) is 12.8. The minimum atomic E-state index is 0.101. The number of aromatic nitrogens is 2. The van der Waals surface area contributed by atoms with Crippen LogP contribution in [0, 0.1) is 6.92 Å². The molecule has 0 aromatic carbocycles. The van der Waals surface area contributed by atoms with E-state index in [-0.39, 0.29) is 6.04 Å². The van der Waals surface area contributed by atoms with E-state index in [2.05, 4.69) is 17.1 Å². The van der Waals surface area contributed by atoms with Crippen LogP contribution in [0.5, 0.6) is 0 Å². The van der Waals surface area contributed by atoms with Gasteiger partial charge in [-0.25, -0.2) is 0 Å². The molecule has 0 aliphatic rings. The second kappa shape index (κ2) is 4.20. The number of hydrogen-bond acceptors (Lipinski definition) is 3. The van der Waals surface area contributed by atoms with Crippen molar-refractivity contribution in [2.45, 2.75) is 19.4 Å². The fourth-order valence-electron chi connectivity index (χ4n) is 1.40. The summed E-state index contributed by atoms with van der Waals surface area (Å²) in [4.78, 5) is 0. The molecule has 4 nitrogen and oxygen atoms in total. The third-order valence-electron chi connectivity index (χ3n) is 2.00. The van der Waals surface area contributed by atoms with Crippen LogP contribution in [0.1, 0.15) is 23.9 Å². The molecule has 0 fully saturated rings. The topological polar surface area (TPSA) is 55.9 Å². The summed E-state index contributed by atoms with van der Waals surface area (Å²) < 4.78 is 1.84. The standard InChI is InChI=1S/C9H16N4/c1-4-5-8(11-10)9-6-7(2)12-13(9)3/h4,6,8,11H,1,5,10H2,2-3H3. The number of hydrogen-bond donors (Lipinski definition) is 2. The van der Waals surface area contributed by atoms with Crippen LogP contribution in [0.3, 0.4) is 0 Å². The molecule has 0 spiro atoms. The maximum atomic E-state index is 5.43. The lowest BCUT2D eigenvalue weighted by Crippen LogP contribution is -2.29. The molecule has 0 saturated carbocycles. The van der Waals surface area contributed by atoms with E-state index in [1.165, 1.54) is 0 Å². The number of nitrogens with zero attached hydrogens (tertiary/aromatic N) is 2. The molecule has 1 unspecified atom stereocenters. The highest BCUT2D eigenvalue weighted by Gasteiger charge is 2.12. The molecule has 72 valence electrons. The van der Waals surface area contributed by atoms with Gasteiger partial charge >= 0.3 is 0 Å². The minimum Gasteiger partial charge on any atom is -0.271 e. The molecule has 13 heavy (non-hydrogen) atoms.